The number of methoxy groups -OCH3 is 1. The summed E-state index contributed by atoms with van der Waals surface area (Å²) < 4.78 is 8.36. The van der Waals surface area contributed by atoms with E-state index in [4.69, 9.17) is 4.74 Å². The van der Waals surface area contributed by atoms with E-state index < -0.39 is 0 Å². The summed E-state index contributed by atoms with van der Waals surface area (Å²) in [5, 5.41) is 4.75. The van der Waals surface area contributed by atoms with Gasteiger partial charge in [0.25, 0.3) is 0 Å². The molecule has 140 valence electrons. The molecule has 0 fully saturated rings. The Morgan fingerprint density at radius 2 is 2.14 bits per heavy atom. The van der Waals surface area contributed by atoms with Crippen LogP contribution in [-0.2, 0) is 11.5 Å². The van der Waals surface area contributed by atoms with E-state index in [0.29, 0.717) is 6.73 Å². The number of pyridine rings is 1. The van der Waals surface area contributed by atoms with Crippen LogP contribution < -0.4 is 5.32 Å². The van der Waals surface area contributed by atoms with Crippen molar-refractivity contribution in [3.05, 3.63) is 60.8 Å². The van der Waals surface area contributed by atoms with E-state index in [1.165, 1.54) is 5.39 Å². The minimum Gasteiger partial charge on any atom is -0.364 e. The second-order valence-corrected chi connectivity index (χ2v) is 7.78. The molecule has 0 radical (unpaired) electrons. The van der Waals surface area contributed by atoms with Crippen LogP contribution in [0.2, 0.25) is 0 Å². The summed E-state index contributed by atoms with van der Waals surface area (Å²) in [7, 11) is 1.68. The van der Waals surface area contributed by atoms with Crippen molar-refractivity contribution in [1.82, 2.24) is 19.5 Å². The van der Waals surface area contributed by atoms with Crippen LogP contribution >= 0.6 is 11.3 Å². The number of rotatable bonds is 5. The zero-order valence-corrected chi connectivity index (χ0v) is 16.4. The Labute approximate surface area is 165 Å². The molecule has 0 spiro atoms. The summed E-state index contributed by atoms with van der Waals surface area (Å²) in [6.07, 6.45) is 5.48. The number of benzene rings is 1. The molecule has 6 nitrogen and oxygen atoms in total. The first-order chi connectivity index (χ1) is 13.7. The normalized spacial score (nSPS) is 11.5. The fraction of sp³-hybridized carbons (Fsp3) is 0.143. The number of thiophene rings is 1. The molecule has 1 aromatic carbocycles. The van der Waals surface area contributed by atoms with Gasteiger partial charge in [-0.1, -0.05) is 0 Å². The average Bonchev–Trinajstić information content (AvgIpc) is 3.38. The molecule has 28 heavy (non-hydrogen) atoms. The van der Waals surface area contributed by atoms with Gasteiger partial charge in [-0.05, 0) is 43.3 Å². The summed E-state index contributed by atoms with van der Waals surface area (Å²) >= 11 is 1.70. The zero-order chi connectivity index (χ0) is 19.1. The van der Waals surface area contributed by atoms with Crippen LogP contribution in [0.15, 0.2) is 55.1 Å². The van der Waals surface area contributed by atoms with Crippen LogP contribution in [0.3, 0.4) is 0 Å². The zero-order valence-electron chi connectivity index (χ0n) is 15.6. The summed E-state index contributed by atoms with van der Waals surface area (Å²) in [4.78, 5) is 13.3. The van der Waals surface area contributed by atoms with Gasteiger partial charge in [-0.15, -0.1) is 11.3 Å². The smallest absolute Gasteiger partial charge is 0.124 e. The highest BCUT2D eigenvalue weighted by molar-refractivity contribution is 7.22. The number of H-pyrrole nitrogens is 1. The lowest BCUT2D eigenvalue weighted by Crippen LogP contribution is -1.99. The largest absolute Gasteiger partial charge is 0.364 e. The van der Waals surface area contributed by atoms with Gasteiger partial charge in [-0.25, -0.2) is 4.98 Å². The Morgan fingerprint density at radius 1 is 1.21 bits per heavy atom. The minimum atomic E-state index is 0.470. The highest BCUT2D eigenvalue weighted by atomic mass is 32.1. The Kier molecular flexibility index (Phi) is 4.11. The second-order valence-electron chi connectivity index (χ2n) is 6.73. The topological polar surface area (TPSA) is 67.8 Å². The van der Waals surface area contributed by atoms with Crippen molar-refractivity contribution < 1.29 is 4.74 Å². The van der Waals surface area contributed by atoms with E-state index >= 15 is 0 Å². The summed E-state index contributed by atoms with van der Waals surface area (Å²) in [6.45, 7) is 2.54. The lowest BCUT2D eigenvalue weighted by molar-refractivity contribution is 0.132. The summed E-state index contributed by atoms with van der Waals surface area (Å²) in [5.74, 6) is 0. The number of aromatic nitrogens is 4. The number of hydrogen-bond donors (Lipinski definition) is 2. The van der Waals surface area contributed by atoms with Gasteiger partial charge in [0.1, 0.15) is 6.73 Å². The van der Waals surface area contributed by atoms with Gasteiger partial charge >= 0.3 is 0 Å². The van der Waals surface area contributed by atoms with Crippen molar-refractivity contribution in [1.29, 1.82) is 0 Å². The van der Waals surface area contributed by atoms with Gasteiger partial charge in [-0.2, -0.15) is 0 Å². The van der Waals surface area contributed by atoms with Crippen molar-refractivity contribution in [3.8, 4) is 10.6 Å². The number of ether oxygens (including phenoxy) is 1. The molecule has 5 aromatic rings. The molecule has 0 unspecified atom stereocenters. The predicted molar refractivity (Wildman–Crippen MR) is 114 cm³/mol. The molecule has 4 heterocycles. The SMILES string of the molecule is COCn1cncc1-c1cc2nccc(Nc3ccc4[nH]c(C)cc4c3)c2s1. The van der Waals surface area contributed by atoms with Crippen molar-refractivity contribution in [3.63, 3.8) is 0 Å². The Morgan fingerprint density at radius 3 is 3.04 bits per heavy atom. The molecular formula is C21H19N5OS. The highest BCUT2D eigenvalue weighted by Gasteiger charge is 2.13. The molecule has 5 rings (SSSR count). The summed E-state index contributed by atoms with van der Waals surface area (Å²) in [6, 6.07) is 12.6. The maximum Gasteiger partial charge on any atom is 0.124 e. The standard InChI is InChI=1S/C21H19N5OS/c1-13-7-14-8-15(3-4-16(14)24-13)25-17-5-6-23-18-9-20(28-21(17)18)19-10-22-11-26(19)12-27-2/h3-11,24H,12H2,1-2H3,(H,23,25). The third kappa shape index (κ3) is 2.94. The molecule has 0 amide bonds. The third-order valence-corrected chi connectivity index (χ3v) is 5.86. The second kappa shape index (κ2) is 6.78. The third-order valence-electron chi connectivity index (χ3n) is 4.68. The van der Waals surface area contributed by atoms with Gasteiger partial charge in [0.05, 0.1) is 39.0 Å². The molecule has 0 atom stereocenters. The van der Waals surface area contributed by atoms with Crippen molar-refractivity contribution in [2.24, 2.45) is 0 Å². The molecule has 2 N–H and O–H groups in total. The molecule has 0 aliphatic heterocycles. The molecule has 0 aliphatic carbocycles. The number of fused-ring (bicyclic) bond motifs is 2. The monoisotopic (exact) mass is 389 g/mol. The first kappa shape index (κ1) is 17.0. The lowest BCUT2D eigenvalue weighted by Gasteiger charge is -2.07. The highest BCUT2D eigenvalue weighted by Crippen LogP contribution is 2.37. The average molecular weight is 389 g/mol. The van der Waals surface area contributed by atoms with E-state index in [2.05, 4.69) is 57.5 Å². The summed E-state index contributed by atoms with van der Waals surface area (Å²) in [5.41, 5.74) is 6.40. The Bertz CT molecular complexity index is 1280. The minimum absolute atomic E-state index is 0.470. The quantitative estimate of drug-likeness (QED) is 0.428. The fourth-order valence-corrected chi connectivity index (χ4v) is 4.55. The Hall–Kier alpha value is -3.16. The molecular weight excluding hydrogens is 370 g/mol. The first-order valence-electron chi connectivity index (χ1n) is 8.95. The molecule has 0 saturated carbocycles. The molecule has 4 aromatic heterocycles. The van der Waals surface area contributed by atoms with Crippen molar-refractivity contribution >= 4 is 43.8 Å². The van der Waals surface area contributed by atoms with Gasteiger partial charge in [0.2, 0.25) is 0 Å². The number of imidazole rings is 1. The fourth-order valence-electron chi connectivity index (χ4n) is 3.44. The maximum absolute atomic E-state index is 5.26. The van der Waals surface area contributed by atoms with Crippen LogP contribution in [-0.4, -0.2) is 26.6 Å². The maximum atomic E-state index is 5.26. The van der Waals surface area contributed by atoms with Crippen LogP contribution in [0, 0.1) is 6.92 Å². The van der Waals surface area contributed by atoms with Crippen LogP contribution in [0.4, 0.5) is 11.4 Å². The van der Waals surface area contributed by atoms with E-state index in [1.807, 2.05) is 23.0 Å². The van der Waals surface area contributed by atoms with Crippen molar-refractivity contribution in [2.75, 3.05) is 12.4 Å². The molecule has 0 saturated heterocycles. The number of hydrogen-bond acceptors (Lipinski definition) is 5. The van der Waals surface area contributed by atoms with E-state index in [-0.39, 0.29) is 0 Å². The number of nitrogens with one attached hydrogen (secondary N) is 2. The van der Waals surface area contributed by atoms with Crippen LogP contribution in [0.1, 0.15) is 5.69 Å². The molecule has 0 aliphatic rings. The number of anilines is 2. The number of aromatic amines is 1. The van der Waals surface area contributed by atoms with Crippen molar-refractivity contribution in [2.45, 2.75) is 13.7 Å². The number of aryl methyl sites for hydroxylation is 1. The van der Waals surface area contributed by atoms with Gasteiger partial charge in [0.15, 0.2) is 0 Å². The van der Waals surface area contributed by atoms with Crippen LogP contribution in [0.25, 0.3) is 31.7 Å². The first-order valence-corrected chi connectivity index (χ1v) is 9.77. The van der Waals surface area contributed by atoms with E-state index in [0.717, 1.165) is 43.4 Å². The van der Waals surface area contributed by atoms with E-state index in [9.17, 15) is 0 Å². The van der Waals surface area contributed by atoms with Crippen LogP contribution in [0.5, 0.6) is 0 Å². The van der Waals surface area contributed by atoms with Gasteiger partial charge in [0, 0.05) is 35.6 Å². The van der Waals surface area contributed by atoms with E-state index in [1.54, 1.807) is 24.8 Å². The predicted octanol–water partition coefficient (Wildman–Crippen LogP) is 5.30. The van der Waals surface area contributed by atoms with Gasteiger partial charge in [-0.3, -0.25) is 4.98 Å². The lowest BCUT2D eigenvalue weighted by atomic mass is 10.2. The molecule has 0 bridgehead atoms. The van der Waals surface area contributed by atoms with Gasteiger partial charge < -0.3 is 19.6 Å². The Balaban J connectivity index is 1.54. The number of nitrogens with zero attached hydrogens (tertiary/aromatic N) is 3. The molecule has 7 heteroatoms.